The van der Waals surface area contributed by atoms with Gasteiger partial charge in [-0.2, -0.15) is 0 Å². The molecule has 2 aromatic heterocycles. The van der Waals surface area contributed by atoms with Crippen LogP contribution in [0.1, 0.15) is 11.1 Å². The average Bonchev–Trinajstić information content (AvgIpc) is 3.18. The van der Waals surface area contributed by atoms with Gasteiger partial charge in [0.05, 0.1) is 31.0 Å². The summed E-state index contributed by atoms with van der Waals surface area (Å²) >= 11 is 0. The van der Waals surface area contributed by atoms with Gasteiger partial charge in [-0.15, -0.1) is 0 Å². The highest BCUT2D eigenvalue weighted by Gasteiger charge is 2.18. The second-order valence-corrected chi connectivity index (χ2v) is 7.44. The molecule has 0 bridgehead atoms. The number of ether oxygens (including phenoxy) is 1. The summed E-state index contributed by atoms with van der Waals surface area (Å²) in [6.45, 7) is 1.96. The molecule has 0 saturated carbocycles. The summed E-state index contributed by atoms with van der Waals surface area (Å²) in [6, 6.07) is 13.5. The Morgan fingerprint density at radius 3 is 2.68 bits per heavy atom. The van der Waals surface area contributed by atoms with Crippen LogP contribution in [-0.4, -0.2) is 37.4 Å². The van der Waals surface area contributed by atoms with Gasteiger partial charge in [-0.3, -0.25) is 4.79 Å². The van der Waals surface area contributed by atoms with Crippen molar-refractivity contribution in [1.82, 2.24) is 5.32 Å². The second-order valence-electron chi connectivity index (χ2n) is 7.44. The first-order chi connectivity index (χ1) is 15.0. The van der Waals surface area contributed by atoms with Crippen molar-refractivity contribution in [2.75, 3.05) is 20.3 Å². The van der Waals surface area contributed by atoms with Crippen LogP contribution in [0.2, 0.25) is 0 Å². The fraction of sp³-hybridized carbons (Fsp3) is 0.250. The highest BCUT2D eigenvalue weighted by Crippen LogP contribution is 2.34. The minimum Gasteiger partial charge on any atom is -0.464 e. The van der Waals surface area contributed by atoms with Crippen LogP contribution < -0.4 is 10.9 Å². The Labute approximate surface area is 178 Å². The number of hydrogen-bond donors (Lipinski definition) is 2. The minimum absolute atomic E-state index is 0.0424. The zero-order chi connectivity index (χ0) is 22.0. The standard InChI is InChI=1S/C24H23NO6/c1-14-17-8-19-20(15-6-4-3-5-7-15)13-30-21(19)10-22(17)31-24(28)18(14)9-23(27)25-11-16(26)12-29-2/h3-8,10,13,16,26H,9,11-12H2,1-2H3,(H,25,27). The highest BCUT2D eigenvalue weighted by atomic mass is 16.5. The average molecular weight is 421 g/mol. The molecule has 0 radical (unpaired) electrons. The van der Waals surface area contributed by atoms with Crippen LogP contribution >= 0.6 is 0 Å². The number of furan rings is 1. The molecule has 0 spiro atoms. The molecule has 2 heterocycles. The molecule has 31 heavy (non-hydrogen) atoms. The molecule has 1 atom stereocenters. The summed E-state index contributed by atoms with van der Waals surface area (Å²) in [6.07, 6.45) is 0.735. The van der Waals surface area contributed by atoms with E-state index in [-0.39, 0.29) is 31.0 Å². The maximum Gasteiger partial charge on any atom is 0.340 e. The van der Waals surface area contributed by atoms with Crippen molar-refractivity contribution in [2.45, 2.75) is 19.4 Å². The predicted octanol–water partition coefficient (Wildman–Crippen LogP) is 3.18. The number of amides is 1. The van der Waals surface area contributed by atoms with Gasteiger partial charge in [0, 0.05) is 36.1 Å². The van der Waals surface area contributed by atoms with Gasteiger partial charge in [0.15, 0.2) is 0 Å². The van der Waals surface area contributed by atoms with Crippen LogP contribution in [0.15, 0.2) is 62.4 Å². The van der Waals surface area contributed by atoms with E-state index >= 15 is 0 Å². The monoisotopic (exact) mass is 421 g/mol. The van der Waals surface area contributed by atoms with Crippen molar-refractivity contribution in [3.63, 3.8) is 0 Å². The quantitative estimate of drug-likeness (QED) is 0.445. The molecule has 1 unspecified atom stereocenters. The molecule has 160 valence electrons. The molecule has 4 rings (SSSR count). The van der Waals surface area contributed by atoms with E-state index in [1.807, 2.05) is 36.4 Å². The van der Waals surface area contributed by atoms with E-state index in [0.29, 0.717) is 16.7 Å². The first kappa shape index (κ1) is 20.8. The molecular formula is C24H23NO6. The predicted molar refractivity (Wildman–Crippen MR) is 117 cm³/mol. The Balaban J connectivity index is 1.70. The molecule has 7 heteroatoms. The maximum atomic E-state index is 12.5. The molecule has 2 aromatic carbocycles. The number of nitrogens with one attached hydrogen (secondary N) is 1. The van der Waals surface area contributed by atoms with E-state index in [1.54, 1.807) is 19.3 Å². The zero-order valence-electron chi connectivity index (χ0n) is 17.3. The van der Waals surface area contributed by atoms with Crippen LogP contribution in [0.5, 0.6) is 0 Å². The van der Waals surface area contributed by atoms with Crippen LogP contribution in [-0.2, 0) is 16.0 Å². The summed E-state index contributed by atoms with van der Waals surface area (Å²) in [7, 11) is 1.47. The van der Waals surface area contributed by atoms with Crippen molar-refractivity contribution in [3.05, 3.63) is 70.3 Å². The van der Waals surface area contributed by atoms with Crippen molar-refractivity contribution in [3.8, 4) is 11.1 Å². The molecule has 0 saturated heterocycles. The zero-order valence-corrected chi connectivity index (χ0v) is 17.3. The second kappa shape index (κ2) is 8.75. The van der Waals surface area contributed by atoms with Gasteiger partial charge in [-0.1, -0.05) is 30.3 Å². The van der Waals surface area contributed by atoms with Gasteiger partial charge >= 0.3 is 5.63 Å². The van der Waals surface area contributed by atoms with Gasteiger partial charge < -0.3 is 24.0 Å². The summed E-state index contributed by atoms with van der Waals surface area (Å²) in [4.78, 5) is 24.9. The SMILES string of the molecule is COCC(O)CNC(=O)Cc1c(C)c2cc3c(-c4ccccc4)coc3cc2oc1=O. The minimum atomic E-state index is -0.811. The number of aliphatic hydroxyl groups is 1. The fourth-order valence-electron chi connectivity index (χ4n) is 3.66. The summed E-state index contributed by atoms with van der Waals surface area (Å²) in [5, 5.41) is 13.9. The van der Waals surface area contributed by atoms with Crippen molar-refractivity contribution in [1.29, 1.82) is 0 Å². The van der Waals surface area contributed by atoms with Crippen molar-refractivity contribution < 1.29 is 23.5 Å². The van der Waals surface area contributed by atoms with Crippen LogP contribution in [0, 0.1) is 6.92 Å². The normalized spacial score (nSPS) is 12.4. The number of benzene rings is 2. The smallest absolute Gasteiger partial charge is 0.340 e. The number of aryl methyl sites for hydroxylation is 1. The van der Waals surface area contributed by atoms with E-state index in [4.69, 9.17) is 13.6 Å². The number of fused-ring (bicyclic) bond motifs is 2. The molecule has 2 N–H and O–H groups in total. The molecular weight excluding hydrogens is 398 g/mol. The highest BCUT2D eigenvalue weighted by molar-refractivity contribution is 6.02. The van der Waals surface area contributed by atoms with E-state index in [2.05, 4.69) is 5.32 Å². The number of carbonyl (C=O) groups excluding carboxylic acids is 1. The maximum absolute atomic E-state index is 12.5. The Kier molecular flexibility index (Phi) is 5.88. The fourth-order valence-corrected chi connectivity index (χ4v) is 3.66. The lowest BCUT2D eigenvalue weighted by molar-refractivity contribution is -0.121. The lowest BCUT2D eigenvalue weighted by Gasteiger charge is -2.12. The molecule has 0 aliphatic rings. The molecule has 7 nitrogen and oxygen atoms in total. The Hall–Kier alpha value is -3.42. The number of rotatable bonds is 7. The van der Waals surface area contributed by atoms with E-state index in [9.17, 15) is 14.7 Å². The van der Waals surface area contributed by atoms with Crippen LogP contribution in [0.3, 0.4) is 0 Å². The van der Waals surface area contributed by atoms with Gasteiger partial charge in [0.2, 0.25) is 5.91 Å². The number of aliphatic hydroxyl groups excluding tert-OH is 1. The largest absolute Gasteiger partial charge is 0.464 e. The van der Waals surface area contributed by atoms with Gasteiger partial charge in [0.25, 0.3) is 0 Å². The van der Waals surface area contributed by atoms with Crippen LogP contribution in [0.25, 0.3) is 33.1 Å². The van der Waals surface area contributed by atoms with Crippen molar-refractivity contribution in [2.24, 2.45) is 0 Å². The lowest BCUT2D eigenvalue weighted by Crippen LogP contribution is -2.36. The van der Waals surface area contributed by atoms with E-state index in [0.717, 1.165) is 21.9 Å². The van der Waals surface area contributed by atoms with Gasteiger partial charge in [0.1, 0.15) is 11.2 Å². The third-order valence-corrected chi connectivity index (χ3v) is 5.30. The van der Waals surface area contributed by atoms with Crippen molar-refractivity contribution >= 4 is 27.8 Å². The molecule has 0 fully saturated rings. The molecule has 4 aromatic rings. The third-order valence-electron chi connectivity index (χ3n) is 5.30. The number of carbonyl (C=O) groups is 1. The lowest BCUT2D eigenvalue weighted by atomic mass is 9.99. The molecule has 0 aliphatic heterocycles. The van der Waals surface area contributed by atoms with E-state index in [1.165, 1.54) is 7.11 Å². The van der Waals surface area contributed by atoms with Gasteiger partial charge in [-0.25, -0.2) is 4.79 Å². The topological polar surface area (TPSA) is 102 Å². The molecule has 0 aliphatic carbocycles. The van der Waals surface area contributed by atoms with E-state index < -0.39 is 11.7 Å². The van der Waals surface area contributed by atoms with Crippen LogP contribution in [0.4, 0.5) is 0 Å². The Bertz CT molecular complexity index is 1290. The summed E-state index contributed by atoms with van der Waals surface area (Å²) in [5.74, 6) is -0.376. The first-order valence-electron chi connectivity index (χ1n) is 9.94. The van der Waals surface area contributed by atoms with Gasteiger partial charge in [-0.05, 0) is 24.1 Å². The number of methoxy groups -OCH3 is 1. The Morgan fingerprint density at radius 2 is 1.94 bits per heavy atom. The number of hydrogen-bond acceptors (Lipinski definition) is 6. The third kappa shape index (κ3) is 4.23. The molecule has 1 amide bonds. The summed E-state index contributed by atoms with van der Waals surface area (Å²) < 4.78 is 16.0. The Morgan fingerprint density at radius 1 is 1.16 bits per heavy atom. The summed E-state index contributed by atoms with van der Waals surface area (Å²) in [5.41, 5.74) is 3.39. The first-order valence-corrected chi connectivity index (χ1v) is 9.94.